The van der Waals surface area contributed by atoms with Crippen molar-refractivity contribution < 1.29 is 27.7 Å². The van der Waals surface area contributed by atoms with Crippen LogP contribution in [-0.4, -0.2) is 76.3 Å². The fraction of sp³-hybridized carbons (Fsp3) is 0.750. The van der Waals surface area contributed by atoms with Crippen LogP contribution in [0.15, 0.2) is 18.2 Å². The van der Waals surface area contributed by atoms with Gasteiger partial charge in [-0.1, -0.05) is 19.9 Å². The molecule has 0 aliphatic heterocycles. The van der Waals surface area contributed by atoms with Gasteiger partial charge in [0.1, 0.15) is 0 Å². The minimum atomic E-state index is -3.42. The Kier molecular flexibility index (Phi) is 15.3. The van der Waals surface area contributed by atoms with Crippen LogP contribution >= 0.6 is 12.4 Å². The maximum atomic E-state index is 12.0. The Hall–Kier alpha value is -1.10. The van der Waals surface area contributed by atoms with E-state index < -0.39 is 22.2 Å². The summed E-state index contributed by atoms with van der Waals surface area (Å²) < 4.78 is 41.8. The summed E-state index contributed by atoms with van der Waals surface area (Å²) in [6.45, 7) is 8.99. The van der Waals surface area contributed by atoms with E-state index in [0.717, 1.165) is 24.7 Å². The zero-order valence-corrected chi connectivity index (χ0v) is 23.3. The van der Waals surface area contributed by atoms with Crippen molar-refractivity contribution in [1.29, 1.82) is 0 Å². The molecule has 10 heteroatoms. The number of nitrogens with two attached hydrogens (primary N) is 1. The molecule has 1 aromatic rings. The third-order valence-electron chi connectivity index (χ3n) is 5.86. The third kappa shape index (κ3) is 11.1. The Morgan fingerprint density at radius 3 is 2.24 bits per heavy atom. The predicted molar refractivity (Wildman–Crippen MR) is 140 cm³/mol. The summed E-state index contributed by atoms with van der Waals surface area (Å²) in [7, 11) is -0.145. The number of hydrogen-bond acceptors (Lipinski definition) is 7. The summed E-state index contributed by atoms with van der Waals surface area (Å²) in [5.74, 6) is 1.90. The molecule has 34 heavy (non-hydrogen) atoms. The van der Waals surface area contributed by atoms with Crippen molar-refractivity contribution in [3.8, 4) is 11.5 Å². The molecule has 3 atom stereocenters. The van der Waals surface area contributed by atoms with Gasteiger partial charge >= 0.3 is 0 Å². The standard InChI is InChI=1S/C24H44N2O6S.ClH/c1-17(2)20(15-21(25)22(27)16-26(18(3)4)33(7,28)29)13-19-9-10-23(31-6)24(14-19)32-12-8-11-30-5;/h9-10,14,17-18,20-22,27H,8,11-13,15-16,25H2,1-7H3;1H/t20-,21-,22-;/m0./s1. The van der Waals surface area contributed by atoms with Gasteiger partial charge in [0.05, 0.1) is 26.1 Å². The molecule has 0 bridgehead atoms. The van der Waals surface area contributed by atoms with Crippen molar-refractivity contribution in [2.24, 2.45) is 17.6 Å². The van der Waals surface area contributed by atoms with Crippen LogP contribution in [0.4, 0.5) is 0 Å². The van der Waals surface area contributed by atoms with Gasteiger partial charge < -0.3 is 25.1 Å². The first-order valence-corrected chi connectivity index (χ1v) is 13.4. The van der Waals surface area contributed by atoms with E-state index in [1.165, 1.54) is 4.31 Å². The molecule has 0 saturated carbocycles. The quantitative estimate of drug-likeness (QED) is 0.319. The Bertz CT molecular complexity index is 807. The first-order valence-electron chi connectivity index (χ1n) is 11.6. The Labute approximate surface area is 212 Å². The van der Waals surface area contributed by atoms with Crippen LogP contribution in [0, 0.1) is 11.8 Å². The first kappa shape index (κ1) is 32.9. The molecule has 1 rings (SSSR count). The molecule has 200 valence electrons. The summed E-state index contributed by atoms with van der Waals surface area (Å²) >= 11 is 0. The van der Waals surface area contributed by atoms with Crippen molar-refractivity contribution in [1.82, 2.24) is 4.31 Å². The number of methoxy groups -OCH3 is 2. The molecule has 0 saturated heterocycles. The van der Waals surface area contributed by atoms with Crippen LogP contribution in [0.5, 0.6) is 11.5 Å². The van der Waals surface area contributed by atoms with Gasteiger partial charge in [-0.25, -0.2) is 8.42 Å². The molecule has 8 nitrogen and oxygen atoms in total. The van der Waals surface area contributed by atoms with Crippen LogP contribution < -0.4 is 15.2 Å². The molecule has 0 fully saturated rings. The molecule has 0 amide bonds. The van der Waals surface area contributed by atoms with E-state index >= 15 is 0 Å². The lowest BCUT2D eigenvalue weighted by Crippen LogP contribution is -2.48. The number of aliphatic hydroxyl groups excluding tert-OH is 1. The molecule has 0 heterocycles. The molecule has 0 aromatic heterocycles. The predicted octanol–water partition coefficient (Wildman–Crippen LogP) is 3.10. The number of hydrogen-bond donors (Lipinski definition) is 2. The largest absolute Gasteiger partial charge is 0.493 e. The second-order valence-electron chi connectivity index (χ2n) is 9.28. The van der Waals surface area contributed by atoms with E-state index in [-0.39, 0.29) is 30.9 Å². The molecule has 0 radical (unpaired) electrons. The van der Waals surface area contributed by atoms with Crippen LogP contribution in [0.25, 0.3) is 0 Å². The highest BCUT2D eigenvalue weighted by atomic mass is 35.5. The second-order valence-corrected chi connectivity index (χ2v) is 11.2. The van der Waals surface area contributed by atoms with Gasteiger partial charge in [-0.3, -0.25) is 0 Å². The minimum Gasteiger partial charge on any atom is -0.493 e. The highest BCUT2D eigenvalue weighted by Crippen LogP contribution is 2.31. The van der Waals surface area contributed by atoms with E-state index in [4.69, 9.17) is 19.9 Å². The van der Waals surface area contributed by atoms with E-state index in [1.54, 1.807) is 28.1 Å². The first-order chi connectivity index (χ1) is 15.4. The SMILES string of the molecule is COCCCOc1cc(C[C@@H](C[C@H](N)[C@@H](O)CN(C(C)C)S(C)(=O)=O)C(C)C)ccc1OC.Cl. The normalized spacial score (nSPS) is 14.7. The summed E-state index contributed by atoms with van der Waals surface area (Å²) in [4.78, 5) is 0. The van der Waals surface area contributed by atoms with Crippen molar-refractivity contribution >= 4 is 22.4 Å². The topological polar surface area (TPSA) is 111 Å². The van der Waals surface area contributed by atoms with Gasteiger partial charge in [-0.05, 0) is 56.2 Å². The fourth-order valence-corrected chi connectivity index (χ4v) is 4.99. The fourth-order valence-electron chi connectivity index (χ4n) is 3.80. The van der Waals surface area contributed by atoms with Crippen molar-refractivity contribution in [2.45, 2.75) is 65.1 Å². The zero-order chi connectivity index (χ0) is 25.2. The smallest absolute Gasteiger partial charge is 0.211 e. The zero-order valence-electron chi connectivity index (χ0n) is 21.7. The highest BCUT2D eigenvalue weighted by Gasteiger charge is 2.28. The van der Waals surface area contributed by atoms with Crippen molar-refractivity contribution in [2.75, 3.05) is 40.2 Å². The Morgan fingerprint density at radius 2 is 1.74 bits per heavy atom. The summed E-state index contributed by atoms with van der Waals surface area (Å²) in [5, 5.41) is 10.7. The maximum absolute atomic E-state index is 12.0. The van der Waals surface area contributed by atoms with Gasteiger partial charge in [-0.2, -0.15) is 4.31 Å². The van der Waals surface area contributed by atoms with Crippen molar-refractivity contribution in [3.63, 3.8) is 0 Å². The van der Waals surface area contributed by atoms with E-state index in [0.29, 0.717) is 37.1 Å². The van der Waals surface area contributed by atoms with E-state index in [2.05, 4.69) is 13.8 Å². The lowest BCUT2D eigenvalue weighted by atomic mass is 9.83. The molecule has 0 aliphatic rings. The van der Waals surface area contributed by atoms with Crippen LogP contribution in [-0.2, 0) is 21.2 Å². The molecular weight excluding hydrogens is 480 g/mol. The molecule has 1 aromatic carbocycles. The molecule has 0 spiro atoms. The number of benzene rings is 1. The van der Waals surface area contributed by atoms with Gasteiger partial charge in [0.2, 0.25) is 10.0 Å². The third-order valence-corrected chi connectivity index (χ3v) is 7.28. The molecular formula is C24H45ClN2O6S. The maximum Gasteiger partial charge on any atom is 0.211 e. The van der Waals surface area contributed by atoms with Crippen LogP contribution in [0.1, 0.15) is 46.1 Å². The average molecular weight is 525 g/mol. The van der Waals surface area contributed by atoms with Crippen LogP contribution in [0.2, 0.25) is 0 Å². The Balaban J connectivity index is 0.0000109. The van der Waals surface area contributed by atoms with Crippen molar-refractivity contribution in [3.05, 3.63) is 23.8 Å². The second kappa shape index (κ2) is 15.8. The van der Waals surface area contributed by atoms with Gasteiger partial charge in [0.25, 0.3) is 0 Å². The van der Waals surface area contributed by atoms with Gasteiger partial charge in [-0.15, -0.1) is 12.4 Å². The number of aliphatic hydroxyl groups is 1. The lowest BCUT2D eigenvalue weighted by Gasteiger charge is -2.31. The molecule has 0 aliphatic carbocycles. The van der Waals surface area contributed by atoms with Crippen LogP contribution in [0.3, 0.4) is 0 Å². The van der Waals surface area contributed by atoms with Gasteiger partial charge in [0.15, 0.2) is 11.5 Å². The monoisotopic (exact) mass is 524 g/mol. The summed E-state index contributed by atoms with van der Waals surface area (Å²) in [6, 6.07) is 5.13. The lowest BCUT2D eigenvalue weighted by molar-refractivity contribution is 0.0983. The number of halogens is 1. The number of sulfonamides is 1. The van der Waals surface area contributed by atoms with E-state index in [1.807, 2.05) is 18.2 Å². The Morgan fingerprint density at radius 1 is 1.09 bits per heavy atom. The average Bonchev–Trinajstić information content (AvgIpc) is 2.73. The van der Waals surface area contributed by atoms with Gasteiger partial charge in [0, 0.05) is 38.8 Å². The number of ether oxygens (including phenoxy) is 3. The minimum absolute atomic E-state index is 0. The number of rotatable bonds is 16. The summed E-state index contributed by atoms with van der Waals surface area (Å²) in [5.41, 5.74) is 7.44. The molecule has 3 N–H and O–H groups in total. The summed E-state index contributed by atoms with van der Waals surface area (Å²) in [6.07, 6.45) is 2.33. The van der Waals surface area contributed by atoms with E-state index in [9.17, 15) is 13.5 Å². The molecule has 0 unspecified atom stereocenters. The number of nitrogens with zero attached hydrogens (tertiary/aromatic N) is 1. The highest BCUT2D eigenvalue weighted by molar-refractivity contribution is 7.88.